The number of aryl methyl sites for hydroxylation is 1. The molecule has 1 aromatic carbocycles. The quantitative estimate of drug-likeness (QED) is 0.774. The molecule has 0 aliphatic heterocycles. The summed E-state index contributed by atoms with van der Waals surface area (Å²) in [6, 6.07) is 7.63. The van der Waals surface area contributed by atoms with E-state index in [4.69, 9.17) is 4.42 Å². The number of carbonyl (C=O) groups is 1. The third kappa shape index (κ3) is 3.33. The third-order valence-electron chi connectivity index (χ3n) is 4.02. The fourth-order valence-electron chi connectivity index (χ4n) is 2.78. The lowest BCUT2D eigenvalue weighted by Crippen LogP contribution is -2.27. The van der Waals surface area contributed by atoms with E-state index in [9.17, 15) is 14.0 Å². The molecule has 0 aliphatic rings. The number of carbonyl (C=O) groups excluding carboxylic acids is 1. The number of rotatable bonds is 5. The zero-order valence-corrected chi connectivity index (χ0v) is 14.1. The summed E-state index contributed by atoms with van der Waals surface area (Å²) < 4.78 is 20.1. The number of hydrogen-bond acceptors (Lipinski definition) is 3. The molecule has 1 N–H and O–H groups in total. The molecule has 0 saturated carbocycles. The van der Waals surface area contributed by atoms with E-state index in [2.05, 4.69) is 5.32 Å². The fraction of sp³-hybridized carbons (Fsp3) is 0.263. The highest BCUT2D eigenvalue weighted by atomic mass is 19.1. The van der Waals surface area contributed by atoms with Crippen molar-refractivity contribution in [1.29, 1.82) is 0 Å². The fourth-order valence-corrected chi connectivity index (χ4v) is 2.78. The Morgan fingerprint density at radius 2 is 1.96 bits per heavy atom. The molecule has 0 spiro atoms. The molecular weight excluding hydrogens is 323 g/mol. The van der Waals surface area contributed by atoms with Crippen molar-refractivity contribution in [3.05, 3.63) is 69.6 Å². The van der Waals surface area contributed by atoms with Crippen LogP contribution >= 0.6 is 0 Å². The molecule has 3 rings (SSSR count). The van der Waals surface area contributed by atoms with E-state index < -0.39 is 0 Å². The van der Waals surface area contributed by atoms with Gasteiger partial charge in [-0.15, -0.1) is 0 Å². The Labute approximate surface area is 144 Å². The Morgan fingerprint density at radius 1 is 1.24 bits per heavy atom. The lowest BCUT2D eigenvalue weighted by molar-refractivity contribution is 0.0953. The van der Waals surface area contributed by atoms with Gasteiger partial charge in [0.15, 0.2) is 0 Å². The van der Waals surface area contributed by atoms with Crippen molar-refractivity contribution in [3.63, 3.8) is 0 Å². The Morgan fingerprint density at radius 3 is 2.64 bits per heavy atom. The molecule has 6 heteroatoms. The summed E-state index contributed by atoms with van der Waals surface area (Å²) in [5, 5.41) is 3.06. The normalized spacial score (nSPS) is 11.0. The molecule has 130 valence electrons. The standard InChI is InChI=1S/C19H19FN2O3/c1-3-9-21-18(23)16-12(2)25-15-8-10-22(19(24)17(15)16)11-13-4-6-14(20)7-5-13/h4-8,10H,3,9,11H2,1-2H3,(H,21,23). The largest absolute Gasteiger partial charge is 0.460 e. The minimum atomic E-state index is -0.327. The summed E-state index contributed by atoms with van der Waals surface area (Å²) in [5.74, 6) is -0.221. The molecule has 0 saturated heterocycles. The smallest absolute Gasteiger partial charge is 0.262 e. The van der Waals surface area contributed by atoms with E-state index in [-0.39, 0.29) is 34.8 Å². The van der Waals surface area contributed by atoms with Gasteiger partial charge in [-0.05, 0) is 37.1 Å². The predicted octanol–water partition coefficient (Wildman–Crippen LogP) is 3.23. The number of halogens is 1. The second-order valence-electron chi connectivity index (χ2n) is 5.90. The molecule has 0 aliphatic carbocycles. The summed E-state index contributed by atoms with van der Waals surface area (Å²) in [6.07, 6.45) is 2.42. The van der Waals surface area contributed by atoms with Crippen LogP contribution in [0.4, 0.5) is 4.39 Å². The molecule has 1 amide bonds. The van der Waals surface area contributed by atoms with Gasteiger partial charge in [0, 0.05) is 12.7 Å². The van der Waals surface area contributed by atoms with Gasteiger partial charge in [-0.2, -0.15) is 0 Å². The number of hydrogen-bond donors (Lipinski definition) is 1. The molecule has 0 fully saturated rings. The lowest BCUT2D eigenvalue weighted by Gasteiger charge is -2.07. The van der Waals surface area contributed by atoms with Crippen LogP contribution in [-0.4, -0.2) is 17.0 Å². The summed E-state index contributed by atoms with van der Waals surface area (Å²) in [7, 11) is 0. The summed E-state index contributed by atoms with van der Waals surface area (Å²) >= 11 is 0. The van der Waals surface area contributed by atoms with Crippen molar-refractivity contribution in [3.8, 4) is 0 Å². The Kier molecular flexibility index (Phi) is 4.70. The highest BCUT2D eigenvalue weighted by molar-refractivity contribution is 6.06. The Hall–Kier alpha value is -2.89. The number of fused-ring (bicyclic) bond motifs is 1. The van der Waals surface area contributed by atoms with Crippen LogP contribution in [0, 0.1) is 12.7 Å². The third-order valence-corrected chi connectivity index (χ3v) is 4.02. The number of nitrogens with zero attached hydrogens (tertiary/aromatic N) is 1. The minimum Gasteiger partial charge on any atom is -0.460 e. The zero-order valence-electron chi connectivity index (χ0n) is 14.1. The van der Waals surface area contributed by atoms with Crippen molar-refractivity contribution in [1.82, 2.24) is 9.88 Å². The van der Waals surface area contributed by atoms with Crippen LogP contribution in [0.3, 0.4) is 0 Å². The first kappa shape index (κ1) is 17.0. The van der Waals surface area contributed by atoms with Crippen molar-refractivity contribution in [2.45, 2.75) is 26.8 Å². The number of aromatic nitrogens is 1. The van der Waals surface area contributed by atoms with Gasteiger partial charge in [-0.3, -0.25) is 9.59 Å². The molecule has 0 radical (unpaired) electrons. The average molecular weight is 342 g/mol. The Bertz CT molecular complexity index is 971. The number of furan rings is 1. The SMILES string of the molecule is CCCNC(=O)c1c(C)oc2ccn(Cc3ccc(F)cc3)c(=O)c12. The maximum atomic E-state index is 13.0. The minimum absolute atomic E-state index is 0.274. The lowest BCUT2D eigenvalue weighted by atomic mass is 10.1. The summed E-state index contributed by atoms with van der Waals surface area (Å²) in [6.45, 7) is 4.44. The van der Waals surface area contributed by atoms with E-state index >= 15 is 0 Å². The van der Waals surface area contributed by atoms with E-state index in [0.29, 0.717) is 17.9 Å². The Balaban J connectivity index is 2.05. The van der Waals surface area contributed by atoms with E-state index in [1.807, 2.05) is 6.92 Å². The molecule has 2 heterocycles. The van der Waals surface area contributed by atoms with Crippen LogP contribution in [-0.2, 0) is 6.54 Å². The molecule has 0 atom stereocenters. The van der Waals surface area contributed by atoms with Gasteiger partial charge >= 0.3 is 0 Å². The number of nitrogens with one attached hydrogen (secondary N) is 1. The topological polar surface area (TPSA) is 64.2 Å². The van der Waals surface area contributed by atoms with Gasteiger partial charge in [0.05, 0.1) is 17.5 Å². The maximum absolute atomic E-state index is 13.0. The highest BCUT2D eigenvalue weighted by Gasteiger charge is 2.21. The summed E-state index contributed by atoms with van der Waals surface area (Å²) in [4.78, 5) is 25.3. The molecule has 0 unspecified atom stereocenters. The molecule has 3 aromatic rings. The number of benzene rings is 1. The predicted molar refractivity (Wildman–Crippen MR) is 93.3 cm³/mol. The van der Waals surface area contributed by atoms with Gasteiger partial charge in [0.1, 0.15) is 17.2 Å². The van der Waals surface area contributed by atoms with E-state index in [1.54, 1.807) is 31.3 Å². The highest BCUT2D eigenvalue weighted by Crippen LogP contribution is 2.22. The van der Waals surface area contributed by atoms with E-state index in [1.165, 1.54) is 16.7 Å². The molecule has 2 aromatic heterocycles. The second kappa shape index (κ2) is 6.93. The molecule has 5 nitrogen and oxygen atoms in total. The first-order valence-electron chi connectivity index (χ1n) is 8.16. The maximum Gasteiger partial charge on any atom is 0.262 e. The monoisotopic (exact) mass is 342 g/mol. The van der Waals surface area contributed by atoms with E-state index in [0.717, 1.165) is 12.0 Å². The molecule has 0 bridgehead atoms. The van der Waals surface area contributed by atoms with Crippen LogP contribution < -0.4 is 10.9 Å². The van der Waals surface area contributed by atoms with Crippen molar-refractivity contribution in [2.24, 2.45) is 0 Å². The van der Waals surface area contributed by atoms with Crippen molar-refractivity contribution in [2.75, 3.05) is 6.54 Å². The first-order valence-corrected chi connectivity index (χ1v) is 8.16. The van der Waals surface area contributed by atoms with Crippen LogP contribution in [0.15, 0.2) is 45.7 Å². The average Bonchev–Trinajstić information content (AvgIpc) is 2.94. The molecule has 25 heavy (non-hydrogen) atoms. The van der Waals surface area contributed by atoms with Gasteiger partial charge < -0.3 is 14.3 Å². The van der Waals surface area contributed by atoms with Crippen LogP contribution in [0.2, 0.25) is 0 Å². The van der Waals surface area contributed by atoms with Crippen LogP contribution in [0.1, 0.15) is 35.0 Å². The van der Waals surface area contributed by atoms with Crippen molar-refractivity contribution < 1.29 is 13.6 Å². The van der Waals surface area contributed by atoms with Crippen LogP contribution in [0.25, 0.3) is 11.0 Å². The second-order valence-corrected chi connectivity index (χ2v) is 5.90. The van der Waals surface area contributed by atoms with Gasteiger partial charge in [0.25, 0.3) is 11.5 Å². The van der Waals surface area contributed by atoms with Gasteiger partial charge in [-0.25, -0.2) is 4.39 Å². The zero-order chi connectivity index (χ0) is 18.0. The number of pyridine rings is 1. The van der Waals surface area contributed by atoms with Crippen LogP contribution in [0.5, 0.6) is 0 Å². The van der Waals surface area contributed by atoms with Gasteiger partial charge in [-0.1, -0.05) is 19.1 Å². The van der Waals surface area contributed by atoms with Gasteiger partial charge in [0.2, 0.25) is 0 Å². The number of amides is 1. The molecular formula is C19H19FN2O3. The summed E-state index contributed by atoms with van der Waals surface area (Å²) in [5.41, 5.74) is 1.15. The first-order chi connectivity index (χ1) is 12.0. The van der Waals surface area contributed by atoms with Crippen molar-refractivity contribution >= 4 is 16.9 Å².